The largest absolute Gasteiger partial charge is 0.459 e. The number of anilines is 1. The van der Waals surface area contributed by atoms with E-state index >= 15 is 0 Å². The molecule has 1 saturated heterocycles. The number of ether oxygens (including phenoxy) is 1. The molecular weight excluding hydrogens is 360 g/mol. The summed E-state index contributed by atoms with van der Waals surface area (Å²) in [5.74, 6) is -0.423. The van der Waals surface area contributed by atoms with Crippen molar-refractivity contribution in [2.75, 3.05) is 11.9 Å². The third-order valence-corrected chi connectivity index (χ3v) is 5.52. The van der Waals surface area contributed by atoms with Crippen molar-refractivity contribution in [1.82, 2.24) is 4.90 Å². The van der Waals surface area contributed by atoms with E-state index in [2.05, 4.69) is 11.9 Å². The molecule has 0 aromatic heterocycles. The zero-order chi connectivity index (χ0) is 20.0. The van der Waals surface area contributed by atoms with E-state index in [-0.39, 0.29) is 18.4 Å². The van der Waals surface area contributed by atoms with Gasteiger partial charge in [0, 0.05) is 5.69 Å². The number of rotatable bonds is 3. The first-order valence-electron chi connectivity index (χ1n) is 9.14. The highest BCUT2D eigenvalue weighted by Crippen LogP contribution is 2.49. The minimum absolute atomic E-state index is 0.00479. The van der Waals surface area contributed by atoms with Crippen LogP contribution < -0.4 is 5.32 Å². The first-order chi connectivity index (χ1) is 12.6. The van der Waals surface area contributed by atoms with E-state index < -0.39 is 17.1 Å². The number of thiocarbonyl (C=S) groups is 1. The van der Waals surface area contributed by atoms with Gasteiger partial charge in [0.2, 0.25) is 5.91 Å². The summed E-state index contributed by atoms with van der Waals surface area (Å²) in [6, 6.07) is 7.32. The number of piperidine rings is 1. The Morgan fingerprint density at radius 2 is 2.07 bits per heavy atom. The predicted molar refractivity (Wildman–Crippen MR) is 110 cm³/mol. The van der Waals surface area contributed by atoms with Gasteiger partial charge in [0.05, 0.1) is 11.0 Å². The van der Waals surface area contributed by atoms with Crippen LogP contribution in [0.2, 0.25) is 0 Å². The highest BCUT2D eigenvalue weighted by molar-refractivity contribution is 7.80. The van der Waals surface area contributed by atoms with Crippen molar-refractivity contribution in [3.05, 3.63) is 42.0 Å². The number of benzene rings is 1. The van der Waals surface area contributed by atoms with Crippen molar-refractivity contribution < 1.29 is 14.3 Å². The van der Waals surface area contributed by atoms with Gasteiger partial charge >= 0.3 is 5.97 Å². The molecule has 1 N–H and O–H groups in total. The van der Waals surface area contributed by atoms with Crippen molar-refractivity contribution in [2.24, 2.45) is 0 Å². The molecule has 5 nitrogen and oxygen atoms in total. The molecule has 2 unspecified atom stereocenters. The van der Waals surface area contributed by atoms with Crippen LogP contribution in [0, 0.1) is 0 Å². The van der Waals surface area contributed by atoms with E-state index in [1.165, 1.54) is 0 Å². The fourth-order valence-electron chi connectivity index (χ4n) is 4.23. The quantitative estimate of drug-likeness (QED) is 0.489. The summed E-state index contributed by atoms with van der Waals surface area (Å²) in [6.07, 6.45) is 1.15. The molecule has 0 radical (unpaired) electrons. The fraction of sp³-hybridized carbons (Fsp3) is 0.476. The summed E-state index contributed by atoms with van der Waals surface area (Å²) in [6.45, 7) is 11.5. The second kappa shape index (κ2) is 6.75. The summed E-state index contributed by atoms with van der Waals surface area (Å²) in [5.41, 5.74) is 1.18. The van der Waals surface area contributed by atoms with Crippen LogP contribution >= 0.6 is 12.2 Å². The summed E-state index contributed by atoms with van der Waals surface area (Å²) >= 11 is 5.58. The first-order valence-corrected chi connectivity index (χ1v) is 9.55. The zero-order valence-corrected chi connectivity index (χ0v) is 17.1. The normalized spacial score (nSPS) is 24.6. The van der Waals surface area contributed by atoms with Gasteiger partial charge in [-0.2, -0.15) is 0 Å². The minimum Gasteiger partial charge on any atom is -0.459 e. The van der Waals surface area contributed by atoms with Gasteiger partial charge in [-0.3, -0.25) is 9.59 Å². The maximum absolute atomic E-state index is 13.2. The van der Waals surface area contributed by atoms with Crippen LogP contribution in [-0.2, 0) is 19.7 Å². The molecule has 1 spiro atoms. The molecule has 0 bridgehead atoms. The summed E-state index contributed by atoms with van der Waals surface area (Å²) in [5, 5.41) is 3.00. The molecule has 2 aliphatic heterocycles. The Kier molecular flexibility index (Phi) is 4.89. The molecule has 3 rings (SSSR count). The second-order valence-electron chi connectivity index (χ2n) is 8.33. The fourth-order valence-corrected chi connectivity index (χ4v) is 4.50. The molecule has 1 aromatic rings. The third kappa shape index (κ3) is 3.38. The number of carbonyl (C=O) groups is 2. The first kappa shape index (κ1) is 19.5. The second-order valence-corrected chi connectivity index (χ2v) is 8.80. The van der Waals surface area contributed by atoms with Crippen molar-refractivity contribution in [1.29, 1.82) is 0 Å². The summed E-state index contributed by atoms with van der Waals surface area (Å²) in [7, 11) is 0. The lowest BCUT2D eigenvalue weighted by atomic mass is 9.67. The van der Waals surface area contributed by atoms with Crippen molar-refractivity contribution in [2.45, 2.75) is 57.6 Å². The van der Waals surface area contributed by atoms with Crippen LogP contribution in [0.1, 0.15) is 46.1 Å². The van der Waals surface area contributed by atoms with E-state index in [1.807, 2.05) is 56.9 Å². The van der Waals surface area contributed by atoms with Gasteiger partial charge in [-0.15, -0.1) is 0 Å². The number of nitrogens with zero attached hydrogens (tertiary/aromatic N) is 1. The molecule has 2 aliphatic rings. The molecule has 1 fully saturated rings. The van der Waals surface area contributed by atoms with Crippen molar-refractivity contribution in [3.8, 4) is 0 Å². The number of amides is 1. The van der Waals surface area contributed by atoms with Crippen molar-refractivity contribution >= 4 is 34.8 Å². The number of likely N-dealkylation sites (tertiary alicyclic amines) is 1. The van der Waals surface area contributed by atoms with E-state index in [0.29, 0.717) is 17.8 Å². The molecule has 0 aliphatic carbocycles. The SMILES string of the molecule is C=C(C)C1N(CC(=O)OC(C)(C)C)C(=S)CCC12C(=O)Nc1ccccc12. The Morgan fingerprint density at radius 1 is 1.41 bits per heavy atom. The molecule has 0 saturated carbocycles. The molecule has 2 atom stereocenters. The van der Waals surface area contributed by atoms with Gasteiger partial charge in [-0.25, -0.2) is 0 Å². The predicted octanol–water partition coefficient (Wildman–Crippen LogP) is 3.59. The number of hydrogen-bond acceptors (Lipinski definition) is 4. The van der Waals surface area contributed by atoms with Gasteiger partial charge < -0.3 is 15.0 Å². The Hall–Kier alpha value is -2.21. The van der Waals surface area contributed by atoms with Crippen LogP contribution in [0.5, 0.6) is 0 Å². The Labute approximate surface area is 165 Å². The third-order valence-electron chi connectivity index (χ3n) is 5.08. The zero-order valence-electron chi connectivity index (χ0n) is 16.3. The number of nitrogens with one attached hydrogen (secondary N) is 1. The lowest BCUT2D eigenvalue weighted by molar-refractivity contribution is -0.156. The van der Waals surface area contributed by atoms with E-state index in [9.17, 15) is 9.59 Å². The number of para-hydroxylation sites is 1. The lowest BCUT2D eigenvalue weighted by Crippen LogP contribution is -2.61. The lowest BCUT2D eigenvalue weighted by Gasteiger charge is -2.48. The van der Waals surface area contributed by atoms with Crippen LogP contribution in [-0.4, -0.2) is 40.0 Å². The average molecular weight is 387 g/mol. The Morgan fingerprint density at radius 3 is 2.70 bits per heavy atom. The van der Waals surface area contributed by atoms with E-state index in [0.717, 1.165) is 16.8 Å². The maximum atomic E-state index is 13.2. The van der Waals surface area contributed by atoms with Crippen LogP contribution in [0.3, 0.4) is 0 Å². The van der Waals surface area contributed by atoms with Gasteiger partial charge in [0.25, 0.3) is 0 Å². The standard InChI is InChI=1S/C21H26N2O3S/c1-13(2)18-21(14-8-6-7-9-15(14)22-19(21)25)11-10-16(27)23(18)12-17(24)26-20(3,4)5/h6-9,18H,1,10-12H2,2-5H3,(H,22,25). The van der Waals surface area contributed by atoms with Gasteiger partial charge in [0.15, 0.2) is 0 Å². The number of carbonyl (C=O) groups excluding carboxylic acids is 2. The number of esters is 1. The molecule has 144 valence electrons. The molecular formula is C21H26N2O3S. The molecule has 1 aromatic carbocycles. The topological polar surface area (TPSA) is 58.6 Å². The van der Waals surface area contributed by atoms with Gasteiger partial charge in [0.1, 0.15) is 17.6 Å². The monoisotopic (exact) mass is 386 g/mol. The maximum Gasteiger partial charge on any atom is 0.326 e. The smallest absolute Gasteiger partial charge is 0.326 e. The molecule has 6 heteroatoms. The average Bonchev–Trinajstić information content (AvgIpc) is 2.81. The molecule has 2 heterocycles. The van der Waals surface area contributed by atoms with Gasteiger partial charge in [-0.1, -0.05) is 42.6 Å². The minimum atomic E-state index is -0.799. The Bertz CT molecular complexity index is 827. The van der Waals surface area contributed by atoms with Gasteiger partial charge in [-0.05, 0) is 52.2 Å². The van der Waals surface area contributed by atoms with Crippen LogP contribution in [0.4, 0.5) is 5.69 Å². The summed E-state index contributed by atoms with van der Waals surface area (Å²) < 4.78 is 5.49. The Balaban J connectivity index is 2.03. The number of fused-ring (bicyclic) bond motifs is 2. The van der Waals surface area contributed by atoms with Crippen molar-refractivity contribution in [3.63, 3.8) is 0 Å². The van der Waals surface area contributed by atoms with E-state index in [4.69, 9.17) is 17.0 Å². The molecule has 1 amide bonds. The highest BCUT2D eigenvalue weighted by Gasteiger charge is 2.57. The highest BCUT2D eigenvalue weighted by atomic mass is 32.1. The summed E-state index contributed by atoms with van der Waals surface area (Å²) in [4.78, 5) is 28.2. The van der Waals surface area contributed by atoms with E-state index in [1.54, 1.807) is 0 Å². The molecule has 27 heavy (non-hydrogen) atoms. The number of hydrogen-bond donors (Lipinski definition) is 1. The van der Waals surface area contributed by atoms with Crippen LogP contribution in [0.15, 0.2) is 36.4 Å². The van der Waals surface area contributed by atoms with Crippen LogP contribution in [0.25, 0.3) is 0 Å².